The van der Waals surface area contributed by atoms with Crippen LogP contribution in [-0.2, 0) is 9.59 Å². The normalized spacial score (nSPS) is 11.4. The largest absolute Gasteiger partial charge is 0.326 e. The fourth-order valence-corrected chi connectivity index (χ4v) is 1.98. The lowest BCUT2D eigenvalue weighted by Gasteiger charge is -2.08. The lowest BCUT2D eigenvalue weighted by Crippen LogP contribution is -2.21. The maximum Gasteiger partial charge on any atom is 0.240 e. The maximum atomic E-state index is 12.0. The minimum absolute atomic E-state index is 0.115. The van der Waals surface area contributed by atoms with Crippen LogP contribution in [0.3, 0.4) is 0 Å². The number of hydrogen-bond acceptors (Lipinski definition) is 3. The van der Waals surface area contributed by atoms with Crippen LogP contribution in [0.25, 0.3) is 0 Å². The summed E-state index contributed by atoms with van der Waals surface area (Å²) in [6, 6.07) is 7.81. The molecule has 0 radical (unpaired) electrons. The first-order valence-electron chi connectivity index (χ1n) is 8.14. The molecule has 0 heterocycles. The predicted octanol–water partition coefficient (Wildman–Crippen LogP) is 3.82. The van der Waals surface area contributed by atoms with E-state index in [0.29, 0.717) is 18.1 Å². The van der Waals surface area contributed by atoms with E-state index >= 15 is 0 Å². The Morgan fingerprint density at radius 3 is 2.35 bits per heavy atom. The highest BCUT2D eigenvalue weighted by molar-refractivity contribution is 6.05. The van der Waals surface area contributed by atoms with Crippen LogP contribution in [0.1, 0.15) is 64.9 Å². The molecule has 0 aliphatic rings. The Bertz CT molecular complexity index is 548. The zero-order valence-corrected chi connectivity index (χ0v) is 14.5. The lowest BCUT2D eigenvalue weighted by molar-refractivity contribution is -0.121. The van der Waals surface area contributed by atoms with E-state index < -0.39 is 0 Å². The molecule has 2 amide bonds. The Morgan fingerprint density at radius 1 is 1.13 bits per heavy atom. The summed E-state index contributed by atoms with van der Waals surface area (Å²) < 4.78 is 0. The molecule has 1 aromatic rings. The third kappa shape index (κ3) is 7.58. The van der Waals surface area contributed by atoms with Gasteiger partial charge in [0.05, 0.1) is 6.42 Å². The van der Waals surface area contributed by atoms with Crippen molar-refractivity contribution in [1.29, 1.82) is 0 Å². The number of unbranched alkanes of at least 4 members (excludes halogenated alkanes) is 1. The molecule has 126 valence electrons. The topological polar surface area (TPSA) is 70.6 Å². The molecule has 0 aliphatic carbocycles. The smallest absolute Gasteiger partial charge is 0.240 e. The fourth-order valence-electron chi connectivity index (χ4n) is 1.98. The van der Waals surface area contributed by atoms with E-state index in [1.54, 1.807) is 6.92 Å². The number of carbonyl (C=O) groups excluding carboxylic acids is 2. The number of hydrazone groups is 1. The number of rotatable bonds is 8. The number of benzene rings is 1. The Hall–Kier alpha value is -2.17. The van der Waals surface area contributed by atoms with Gasteiger partial charge in [-0.1, -0.05) is 39.3 Å². The van der Waals surface area contributed by atoms with Gasteiger partial charge < -0.3 is 5.32 Å². The predicted molar refractivity (Wildman–Crippen MR) is 94.6 cm³/mol. The minimum atomic E-state index is -0.147. The first kappa shape index (κ1) is 18.9. The Balaban J connectivity index is 2.44. The molecule has 2 N–H and O–H groups in total. The molecule has 23 heavy (non-hydrogen) atoms. The average Bonchev–Trinajstić information content (AvgIpc) is 2.51. The van der Waals surface area contributed by atoms with Crippen molar-refractivity contribution in [3.8, 4) is 0 Å². The van der Waals surface area contributed by atoms with Gasteiger partial charge in [-0.25, -0.2) is 5.43 Å². The zero-order valence-electron chi connectivity index (χ0n) is 14.5. The van der Waals surface area contributed by atoms with Gasteiger partial charge in [0.1, 0.15) is 0 Å². The quantitative estimate of drug-likeness (QED) is 0.565. The van der Waals surface area contributed by atoms with E-state index in [2.05, 4.69) is 29.7 Å². The average molecular weight is 317 g/mol. The van der Waals surface area contributed by atoms with Gasteiger partial charge >= 0.3 is 0 Å². The summed E-state index contributed by atoms with van der Waals surface area (Å²) in [4.78, 5) is 23.4. The summed E-state index contributed by atoms with van der Waals surface area (Å²) in [6.45, 7) is 8.01. The minimum Gasteiger partial charge on any atom is -0.326 e. The Labute approximate surface area is 138 Å². The van der Waals surface area contributed by atoms with E-state index in [1.165, 1.54) is 5.56 Å². The number of nitrogens with one attached hydrogen (secondary N) is 2. The van der Waals surface area contributed by atoms with Crippen LogP contribution in [0.15, 0.2) is 29.4 Å². The molecule has 0 saturated carbocycles. The van der Waals surface area contributed by atoms with Gasteiger partial charge in [0.25, 0.3) is 0 Å². The molecular weight excluding hydrogens is 290 g/mol. The number of carbonyl (C=O) groups is 2. The highest BCUT2D eigenvalue weighted by atomic mass is 16.2. The van der Waals surface area contributed by atoms with Crippen LogP contribution in [0.5, 0.6) is 0 Å². The number of anilines is 1. The van der Waals surface area contributed by atoms with E-state index in [4.69, 9.17) is 0 Å². The SMILES string of the molecule is CCCCC(=O)N/N=C(\C)CC(=O)Nc1ccc(C(C)C)cc1. The van der Waals surface area contributed by atoms with E-state index in [0.717, 1.165) is 18.5 Å². The lowest BCUT2D eigenvalue weighted by atomic mass is 10.0. The van der Waals surface area contributed by atoms with Crippen molar-refractivity contribution in [2.75, 3.05) is 5.32 Å². The van der Waals surface area contributed by atoms with Crippen LogP contribution in [0, 0.1) is 0 Å². The summed E-state index contributed by atoms with van der Waals surface area (Å²) in [5, 5.41) is 6.78. The summed E-state index contributed by atoms with van der Waals surface area (Å²) >= 11 is 0. The number of nitrogens with zero attached hydrogens (tertiary/aromatic N) is 1. The molecule has 0 fully saturated rings. The van der Waals surface area contributed by atoms with Gasteiger partial charge in [-0.3, -0.25) is 9.59 Å². The summed E-state index contributed by atoms with van der Waals surface area (Å²) in [5.74, 6) is 0.202. The standard InChI is InChI=1S/C18H27N3O2/c1-5-6-7-17(22)21-20-14(4)12-18(23)19-16-10-8-15(9-11-16)13(2)3/h8-11,13H,5-7,12H2,1-4H3,(H,19,23)(H,21,22)/b20-14+. The van der Waals surface area contributed by atoms with Crippen LogP contribution in [-0.4, -0.2) is 17.5 Å². The van der Waals surface area contributed by atoms with Gasteiger partial charge in [-0.15, -0.1) is 0 Å². The van der Waals surface area contributed by atoms with Crippen molar-refractivity contribution in [2.45, 2.75) is 59.3 Å². The first-order chi connectivity index (χ1) is 10.9. The highest BCUT2D eigenvalue weighted by Crippen LogP contribution is 2.17. The van der Waals surface area contributed by atoms with Gasteiger partial charge in [0.2, 0.25) is 11.8 Å². The summed E-state index contributed by atoms with van der Waals surface area (Å²) in [6.07, 6.45) is 2.42. The molecule has 1 rings (SSSR count). The van der Waals surface area contributed by atoms with Crippen LogP contribution >= 0.6 is 0 Å². The van der Waals surface area contributed by atoms with Crippen LogP contribution < -0.4 is 10.7 Å². The molecule has 1 aromatic carbocycles. The van der Waals surface area contributed by atoms with Crippen molar-refractivity contribution in [3.05, 3.63) is 29.8 Å². The second-order valence-electron chi connectivity index (χ2n) is 5.99. The molecular formula is C18H27N3O2. The maximum absolute atomic E-state index is 12.0. The van der Waals surface area contributed by atoms with Gasteiger partial charge in [-0.2, -0.15) is 5.10 Å². The summed E-state index contributed by atoms with van der Waals surface area (Å²) in [7, 11) is 0. The number of hydrogen-bond donors (Lipinski definition) is 2. The fraction of sp³-hybridized carbons (Fsp3) is 0.500. The molecule has 0 spiro atoms. The number of amides is 2. The van der Waals surface area contributed by atoms with Gasteiger partial charge in [0, 0.05) is 17.8 Å². The second-order valence-corrected chi connectivity index (χ2v) is 5.99. The third-order valence-corrected chi connectivity index (χ3v) is 3.41. The Morgan fingerprint density at radius 2 is 1.78 bits per heavy atom. The Kier molecular flexibility index (Phi) is 8.02. The molecule has 0 unspecified atom stereocenters. The molecule has 0 atom stereocenters. The molecule has 0 saturated heterocycles. The van der Waals surface area contributed by atoms with Crippen molar-refractivity contribution in [3.63, 3.8) is 0 Å². The monoisotopic (exact) mass is 317 g/mol. The zero-order chi connectivity index (χ0) is 17.2. The van der Waals surface area contributed by atoms with Crippen LogP contribution in [0.2, 0.25) is 0 Å². The second kappa shape index (κ2) is 9.77. The van der Waals surface area contributed by atoms with Crippen LogP contribution in [0.4, 0.5) is 5.69 Å². The van der Waals surface area contributed by atoms with E-state index in [9.17, 15) is 9.59 Å². The van der Waals surface area contributed by atoms with E-state index in [1.807, 2.05) is 31.2 Å². The van der Waals surface area contributed by atoms with Crippen molar-refractivity contribution in [1.82, 2.24) is 5.43 Å². The first-order valence-corrected chi connectivity index (χ1v) is 8.14. The highest BCUT2D eigenvalue weighted by Gasteiger charge is 2.06. The molecule has 0 aromatic heterocycles. The third-order valence-electron chi connectivity index (χ3n) is 3.41. The molecule has 0 aliphatic heterocycles. The van der Waals surface area contributed by atoms with Gasteiger partial charge in [0.15, 0.2) is 0 Å². The van der Waals surface area contributed by atoms with Crippen molar-refractivity contribution in [2.24, 2.45) is 5.10 Å². The molecule has 5 nitrogen and oxygen atoms in total. The van der Waals surface area contributed by atoms with Crippen molar-refractivity contribution >= 4 is 23.2 Å². The molecule has 5 heteroatoms. The van der Waals surface area contributed by atoms with E-state index in [-0.39, 0.29) is 18.2 Å². The van der Waals surface area contributed by atoms with Gasteiger partial charge in [-0.05, 0) is 37.0 Å². The molecule has 0 bridgehead atoms. The van der Waals surface area contributed by atoms with Crippen molar-refractivity contribution < 1.29 is 9.59 Å². The summed E-state index contributed by atoms with van der Waals surface area (Å²) in [5.41, 5.74) is 5.05.